The van der Waals surface area contributed by atoms with Crippen LogP contribution in [0.4, 0.5) is 5.69 Å². The third-order valence-electron chi connectivity index (χ3n) is 6.20. The molecule has 1 aromatic heterocycles. The van der Waals surface area contributed by atoms with Crippen LogP contribution in [0.15, 0.2) is 64.5 Å². The minimum absolute atomic E-state index is 0.0585. The van der Waals surface area contributed by atoms with Gasteiger partial charge in [-0.05, 0) is 38.1 Å². The molecule has 2 aromatic carbocycles. The van der Waals surface area contributed by atoms with Crippen LogP contribution in [-0.2, 0) is 20.8 Å². The van der Waals surface area contributed by atoms with Gasteiger partial charge in [-0.3, -0.25) is 14.2 Å². The molecule has 8 nitrogen and oxygen atoms in total. The number of para-hydroxylation sites is 2. The number of benzene rings is 2. The second kappa shape index (κ2) is 12.9. The van der Waals surface area contributed by atoms with E-state index in [1.807, 2.05) is 55.1 Å². The molecule has 0 bridgehead atoms. The lowest BCUT2D eigenvalue weighted by Gasteiger charge is -2.36. The Morgan fingerprint density at radius 1 is 0.972 bits per heavy atom. The molecule has 4 rings (SSSR count). The van der Waals surface area contributed by atoms with E-state index in [1.54, 1.807) is 10.6 Å². The molecule has 0 saturated carbocycles. The second-order valence-electron chi connectivity index (χ2n) is 8.49. The third kappa shape index (κ3) is 6.46. The summed E-state index contributed by atoms with van der Waals surface area (Å²) in [5.41, 5.74) is 1.70. The summed E-state index contributed by atoms with van der Waals surface area (Å²) in [6.45, 7) is 8.25. The molecular weight excluding hydrogens is 476 g/mol. The zero-order valence-corrected chi connectivity index (χ0v) is 21.8. The Kier molecular flexibility index (Phi) is 9.38. The molecule has 1 fully saturated rings. The molecule has 0 unspecified atom stereocenters. The highest BCUT2D eigenvalue weighted by molar-refractivity contribution is 7.99. The van der Waals surface area contributed by atoms with E-state index in [4.69, 9.17) is 14.5 Å². The van der Waals surface area contributed by atoms with Crippen molar-refractivity contribution in [2.24, 2.45) is 0 Å². The number of anilines is 1. The van der Waals surface area contributed by atoms with E-state index in [9.17, 15) is 9.59 Å². The molecule has 1 amide bonds. The second-order valence-corrected chi connectivity index (χ2v) is 9.43. The van der Waals surface area contributed by atoms with E-state index in [0.717, 1.165) is 13.1 Å². The van der Waals surface area contributed by atoms with E-state index in [2.05, 4.69) is 17.0 Å². The molecule has 1 aliphatic rings. The summed E-state index contributed by atoms with van der Waals surface area (Å²) in [7, 11) is 0. The first kappa shape index (κ1) is 26.2. The number of hydrogen-bond acceptors (Lipinski definition) is 7. The van der Waals surface area contributed by atoms with Crippen molar-refractivity contribution in [2.75, 3.05) is 50.0 Å². The number of nitrogens with zero attached hydrogens (tertiary/aromatic N) is 4. The summed E-state index contributed by atoms with van der Waals surface area (Å²) >= 11 is 1.32. The smallest absolute Gasteiger partial charge is 0.262 e. The molecule has 0 spiro atoms. The van der Waals surface area contributed by atoms with Gasteiger partial charge in [-0.15, -0.1) is 0 Å². The maximum Gasteiger partial charge on any atom is 0.262 e. The van der Waals surface area contributed by atoms with Crippen LogP contribution < -0.4 is 10.5 Å². The van der Waals surface area contributed by atoms with E-state index in [-0.39, 0.29) is 17.2 Å². The van der Waals surface area contributed by atoms with E-state index >= 15 is 0 Å². The fraction of sp³-hybridized carbons (Fsp3) is 0.444. The van der Waals surface area contributed by atoms with Gasteiger partial charge in [0.1, 0.15) is 0 Å². The number of aromatic nitrogens is 2. The fourth-order valence-corrected chi connectivity index (χ4v) is 5.27. The zero-order valence-electron chi connectivity index (χ0n) is 21.0. The lowest BCUT2D eigenvalue weighted by molar-refractivity contribution is -0.141. The van der Waals surface area contributed by atoms with Gasteiger partial charge in [0, 0.05) is 58.0 Å². The van der Waals surface area contributed by atoms with Gasteiger partial charge in [-0.2, -0.15) is 0 Å². The highest BCUT2D eigenvalue weighted by Crippen LogP contribution is 2.21. The van der Waals surface area contributed by atoms with Gasteiger partial charge < -0.3 is 19.3 Å². The van der Waals surface area contributed by atoms with Crippen LogP contribution in [0.1, 0.15) is 20.3 Å². The van der Waals surface area contributed by atoms with Crippen molar-refractivity contribution < 1.29 is 14.3 Å². The minimum atomic E-state index is -0.390. The normalized spacial score (nSPS) is 14.1. The molecule has 1 aliphatic heterocycles. The van der Waals surface area contributed by atoms with Gasteiger partial charge in [0.05, 0.1) is 16.7 Å². The molecule has 3 aromatic rings. The first-order valence-electron chi connectivity index (χ1n) is 12.5. The number of rotatable bonds is 11. The van der Waals surface area contributed by atoms with Crippen LogP contribution >= 0.6 is 11.8 Å². The predicted molar refractivity (Wildman–Crippen MR) is 144 cm³/mol. The molecular formula is C27H34N4O4S. The lowest BCUT2D eigenvalue weighted by atomic mass is 10.2. The van der Waals surface area contributed by atoms with Crippen LogP contribution in [0.3, 0.4) is 0 Å². The predicted octanol–water partition coefficient (Wildman–Crippen LogP) is 3.63. The quantitative estimate of drug-likeness (QED) is 0.222. The summed E-state index contributed by atoms with van der Waals surface area (Å²) in [6.07, 6.45) is 0.128. The zero-order chi connectivity index (χ0) is 25.3. The minimum Gasteiger partial charge on any atom is -0.368 e. The average Bonchev–Trinajstić information content (AvgIpc) is 2.92. The van der Waals surface area contributed by atoms with E-state index in [1.165, 1.54) is 17.4 Å². The van der Waals surface area contributed by atoms with Crippen molar-refractivity contribution in [3.05, 3.63) is 65.0 Å². The maximum atomic E-state index is 13.3. The monoisotopic (exact) mass is 510 g/mol. The number of fused-ring (bicyclic) bond motifs is 1. The van der Waals surface area contributed by atoms with Gasteiger partial charge in [-0.25, -0.2) is 4.98 Å². The van der Waals surface area contributed by atoms with Gasteiger partial charge >= 0.3 is 0 Å². The highest BCUT2D eigenvalue weighted by Gasteiger charge is 2.22. The van der Waals surface area contributed by atoms with Gasteiger partial charge in [0.25, 0.3) is 5.56 Å². The largest absolute Gasteiger partial charge is 0.368 e. The van der Waals surface area contributed by atoms with Gasteiger partial charge in [0.2, 0.25) is 5.91 Å². The Bertz CT molecular complexity index is 1190. The van der Waals surface area contributed by atoms with Crippen molar-refractivity contribution in [1.82, 2.24) is 14.5 Å². The first-order valence-corrected chi connectivity index (χ1v) is 13.5. The number of amides is 1. The van der Waals surface area contributed by atoms with Crippen LogP contribution in [0.25, 0.3) is 10.9 Å². The van der Waals surface area contributed by atoms with Crippen molar-refractivity contribution in [3.63, 3.8) is 0 Å². The number of hydrogen-bond donors (Lipinski definition) is 0. The number of carbonyl (C=O) groups is 1. The summed E-state index contributed by atoms with van der Waals surface area (Å²) in [6, 6.07) is 17.6. The van der Waals surface area contributed by atoms with Crippen LogP contribution in [0, 0.1) is 0 Å². The first-order chi connectivity index (χ1) is 17.6. The van der Waals surface area contributed by atoms with E-state index < -0.39 is 6.29 Å². The maximum absolute atomic E-state index is 13.3. The molecule has 0 aliphatic carbocycles. The molecule has 0 radical (unpaired) electrons. The van der Waals surface area contributed by atoms with Crippen molar-refractivity contribution in [3.8, 4) is 0 Å². The fourth-order valence-electron chi connectivity index (χ4n) is 4.35. The molecule has 2 heterocycles. The number of ether oxygens (including phenoxy) is 2. The van der Waals surface area contributed by atoms with Gasteiger partial charge in [-0.1, -0.05) is 42.1 Å². The summed E-state index contributed by atoms with van der Waals surface area (Å²) in [4.78, 5) is 35.3. The van der Waals surface area contributed by atoms with Gasteiger partial charge in [0.15, 0.2) is 11.4 Å². The SMILES string of the molecule is CCOC(CCn1c(SCC(=O)N2CCN(c3ccccc3)CC2)nc2ccccc2c1=O)OCC. The summed E-state index contributed by atoms with van der Waals surface area (Å²) in [5, 5.41) is 1.11. The number of carbonyl (C=O) groups excluding carboxylic acids is 1. The molecule has 36 heavy (non-hydrogen) atoms. The summed E-state index contributed by atoms with van der Waals surface area (Å²) < 4.78 is 13.0. The van der Waals surface area contributed by atoms with Crippen molar-refractivity contribution in [1.29, 1.82) is 0 Å². The number of thioether (sulfide) groups is 1. The average molecular weight is 511 g/mol. The van der Waals surface area contributed by atoms with Crippen LogP contribution in [-0.4, -0.2) is 71.8 Å². The van der Waals surface area contributed by atoms with E-state index in [0.29, 0.717) is 55.3 Å². The molecule has 9 heteroatoms. The topological polar surface area (TPSA) is 76.9 Å². The third-order valence-corrected chi connectivity index (χ3v) is 7.16. The van der Waals surface area contributed by atoms with Crippen molar-refractivity contribution >= 4 is 34.3 Å². The Hall–Kier alpha value is -2.88. The molecule has 0 atom stereocenters. The molecule has 0 N–H and O–H groups in total. The standard InChI is InChI=1S/C27H34N4O4S/c1-3-34-25(35-4-2)14-15-31-26(33)22-12-8-9-13-23(22)28-27(31)36-20-24(32)30-18-16-29(17-19-30)21-10-6-5-7-11-21/h5-13,25H,3-4,14-20H2,1-2H3. The van der Waals surface area contributed by atoms with Crippen LogP contribution in [0.5, 0.6) is 0 Å². The Labute approximate surface area is 216 Å². The Morgan fingerprint density at radius 3 is 2.33 bits per heavy atom. The Morgan fingerprint density at radius 2 is 1.64 bits per heavy atom. The highest BCUT2D eigenvalue weighted by atomic mass is 32.2. The Balaban J connectivity index is 1.44. The summed E-state index contributed by atoms with van der Waals surface area (Å²) in [5.74, 6) is 0.291. The lowest BCUT2D eigenvalue weighted by Crippen LogP contribution is -2.49. The molecule has 192 valence electrons. The number of piperazine rings is 1. The van der Waals surface area contributed by atoms with Crippen molar-refractivity contribution in [2.45, 2.75) is 38.3 Å². The van der Waals surface area contributed by atoms with Crippen LogP contribution in [0.2, 0.25) is 0 Å². The molecule has 1 saturated heterocycles.